The number of rotatable bonds is 6. The van der Waals surface area contributed by atoms with Crippen LogP contribution in [0.4, 0.5) is 0 Å². The Morgan fingerprint density at radius 3 is 1.34 bits per heavy atom. The van der Waals surface area contributed by atoms with Crippen molar-refractivity contribution in [3.8, 4) is 61.8 Å². The molecule has 0 N–H and O–H groups in total. The van der Waals surface area contributed by atoms with Crippen molar-refractivity contribution in [2.45, 2.75) is 0 Å². The van der Waals surface area contributed by atoms with Crippen LogP contribution in [-0.2, 0) is 0 Å². The molecule has 0 unspecified atom stereocenters. The predicted molar refractivity (Wildman–Crippen MR) is 247 cm³/mol. The summed E-state index contributed by atoms with van der Waals surface area (Å²) in [6.45, 7) is 0. The van der Waals surface area contributed by atoms with Crippen LogP contribution in [0.15, 0.2) is 212 Å². The summed E-state index contributed by atoms with van der Waals surface area (Å²) in [5.74, 6) is 1.60. The molecule has 274 valence electrons. The monoisotopic (exact) mass is 749 g/mol. The van der Waals surface area contributed by atoms with E-state index in [2.05, 4.69) is 217 Å². The second kappa shape index (κ2) is 13.4. The van der Waals surface area contributed by atoms with Gasteiger partial charge in [-0.2, -0.15) is 0 Å². The van der Waals surface area contributed by atoms with Gasteiger partial charge in [0.2, 0.25) is 0 Å². The molecule has 12 rings (SSSR count). The third-order valence-corrected chi connectivity index (χ3v) is 12.0. The summed E-state index contributed by atoms with van der Waals surface area (Å²) in [4.78, 5) is 0. The molecule has 1 heterocycles. The topological polar surface area (TPSA) is 30.7 Å². The van der Waals surface area contributed by atoms with Crippen LogP contribution in [0.5, 0.6) is 0 Å². The molecule has 0 atom stereocenters. The van der Waals surface area contributed by atoms with E-state index in [-0.39, 0.29) is 0 Å². The normalized spacial score (nSPS) is 11.7. The molecule has 0 saturated carbocycles. The Morgan fingerprint density at radius 1 is 0.271 bits per heavy atom. The van der Waals surface area contributed by atoms with Crippen molar-refractivity contribution in [2.75, 3.05) is 0 Å². The zero-order chi connectivity index (χ0) is 38.9. The van der Waals surface area contributed by atoms with Crippen LogP contribution in [0.3, 0.4) is 0 Å². The number of benzene rings is 11. The first-order chi connectivity index (χ1) is 29.2. The standard InChI is InChI=1S/C56H35N3/c1-3-14-39(15-4-1)51-49-21-11-20-41-24-25-44-34-47(35-50(54(44)52(41)49)53(51)40-16-5-2-6-17-40)38-28-30-48(31-29-38)59-55(45-26-22-36-12-7-9-18-42(36)32-45)57-58-56(59)46-27-23-37-13-8-10-19-43(37)33-46/h1-35H. The van der Waals surface area contributed by atoms with Crippen LogP contribution < -0.4 is 0 Å². The van der Waals surface area contributed by atoms with Crippen molar-refractivity contribution >= 4 is 53.9 Å². The first kappa shape index (κ1) is 33.3. The van der Waals surface area contributed by atoms with Gasteiger partial charge in [-0.25, -0.2) is 0 Å². The fraction of sp³-hybridized carbons (Fsp3) is 0. The Bertz CT molecular complexity index is 3430. The molecule has 0 amide bonds. The van der Waals surface area contributed by atoms with Crippen molar-refractivity contribution in [1.29, 1.82) is 0 Å². The third-order valence-electron chi connectivity index (χ3n) is 12.0. The highest BCUT2D eigenvalue weighted by atomic mass is 15.3. The molecule has 0 fully saturated rings. The third kappa shape index (κ3) is 5.44. The van der Waals surface area contributed by atoms with Crippen LogP contribution in [0.1, 0.15) is 0 Å². The van der Waals surface area contributed by atoms with Gasteiger partial charge >= 0.3 is 0 Å². The van der Waals surface area contributed by atoms with Gasteiger partial charge in [0.25, 0.3) is 0 Å². The summed E-state index contributed by atoms with van der Waals surface area (Å²) in [5, 5.41) is 22.1. The van der Waals surface area contributed by atoms with Gasteiger partial charge in [-0.3, -0.25) is 4.57 Å². The minimum absolute atomic E-state index is 0.801. The van der Waals surface area contributed by atoms with E-state index >= 15 is 0 Å². The number of aromatic nitrogens is 3. The molecule has 0 spiro atoms. The maximum atomic E-state index is 4.87. The van der Waals surface area contributed by atoms with Crippen LogP contribution in [0.2, 0.25) is 0 Å². The maximum Gasteiger partial charge on any atom is 0.168 e. The highest BCUT2D eigenvalue weighted by Gasteiger charge is 2.22. The van der Waals surface area contributed by atoms with Gasteiger partial charge < -0.3 is 0 Å². The van der Waals surface area contributed by atoms with E-state index in [1.807, 2.05) is 0 Å². The summed E-state index contributed by atoms with van der Waals surface area (Å²) >= 11 is 0. The zero-order valence-corrected chi connectivity index (χ0v) is 32.0. The van der Waals surface area contributed by atoms with Gasteiger partial charge in [0.05, 0.1) is 0 Å². The van der Waals surface area contributed by atoms with Crippen LogP contribution in [0.25, 0.3) is 116 Å². The summed E-state index contributed by atoms with van der Waals surface area (Å²) in [6, 6.07) is 76.8. The largest absolute Gasteiger partial charge is 0.275 e. The molecule has 0 aliphatic carbocycles. The fourth-order valence-corrected chi connectivity index (χ4v) is 9.26. The minimum Gasteiger partial charge on any atom is -0.275 e. The molecular weight excluding hydrogens is 715 g/mol. The molecule has 0 saturated heterocycles. The summed E-state index contributed by atoms with van der Waals surface area (Å²) in [5.41, 5.74) is 10.3. The van der Waals surface area contributed by atoms with E-state index in [1.54, 1.807) is 0 Å². The molecule has 0 aliphatic heterocycles. The van der Waals surface area contributed by atoms with Crippen molar-refractivity contribution in [1.82, 2.24) is 14.8 Å². The lowest BCUT2D eigenvalue weighted by atomic mass is 9.81. The molecule has 0 bridgehead atoms. The average molecular weight is 750 g/mol. The lowest BCUT2D eigenvalue weighted by Gasteiger charge is -2.22. The Labute approximate surface area is 341 Å². The highest BCUT2D eigenvalue weighted by Crippen LogP contribution is 2.48. The molecule has 3 heteroatoms. The number of hydrogen-bond donors (Lipinski definition) is 0. The number of hydrogen-bond acceptors (Lipinski definition) is 2. The first-order valence-corrected chi connectivity index (χ1v) is 20.2. The van der Waals surface area contributed by atoms with E-state index in [4.69, 9.17) is 10.2 Å². The van der Waals surface area contributed by atoms with E-state index in [0.29, 0.717) is 0 Å². The van der Waals surface area contributed by atoms with Gasteiger partial charge in [0.1, 0.15) is 0 Å². The molecule has 1 aromatic heterocycles. The van der Waals surface area contributed by atoms with Gasteiger partial charge in [-0.15, -0.1) is 10.2 Å². The number of nitrogens with zero attached hydrogens (tertiary/aromatic N) is 3. The second-order valence-corrected chi connectivity index (χ2v) is 15.4. The summed E-state index contributed by atoms with van der Waals surface area (Å²) < 4.78 is 2.21. The Kier molecular flexibility index (Phi) is 7.54. The van der Waals surface area contributed by atoms with Gasteiger partial charge in [-0.05, 0) is 124 Å². The van der Waals surface area contributed by atoms with Gasteiger partial charge in [-0.1, -0.05) is 176 Å². The number of fused-ring (bicyclic) bond motifs is 2. The summed E-state index contributed by atoms with van der Waals surface area (Å²) in [6.07, 6.45) is 0. The average Bonchev–Trinajstić information content (AvgIpc) is 3.76. The predicted octanol–water partition coefficient (Wildman–Crippen LogP) is 14.8. The van der Waals surface area contributed by atoms with Crippen molar-refractivity contribution < 1.29 is 0 Å². The minimum atomic E-state index is 0.801. The van der Waals surface area contributed by atoms with Gasteiger partial charge in [0, 0.05) is 16.8 Å². The smallest absolute Gasteiger partial charge is 0.168 e. The van der Waals surface area contributed by atoms with Crippen molar-refractivity contribution in [3.05, 3.63) is 212 Å². The Balaban J connectivity index is 1.06. The highest BCUT2D eigenvalue weighted by molar-refractivity contribution is 6.31. The molecule has 0 aliphatic rings. The molecule has 11 aromatic carbocycles. The maximum absolute atomic E-state index is 4.87. The SMILES string of the molecule is c1ccc(-c2c(-c3ccccc3)c3cc(-c4ccc(-n5c(-c6ccc7ccccc7c6)nnc5-c5ccc6ccccc6c5)cc4)cc4ccc5cccc2c5c43)cc1. The van der Waals surface area contributed by atoms with Crippen LogP contribution in [0, 0.1) is 0 Å². The molecular formula is C56H35N3. The molecule has 59 heavy (non-hydrogen) atoms. The lowest BCUT2D eigenvalue weighted by molar-refractivity contribution is 1.07. The van der Waals surface area contributed by atoms with E-state index in [9.17, 15) is 0 Å². The van der Waals surface area contributed by atoms with Crippen molar-refractivity contribution in [3.63, 3.8) is 0 Å². The molecule has 3 nitrogen and oxygen atoms in total. The van der Waals surface area contributed by atoms with Crippen LogP contribution >= 0.6 is 0 Å². The van der Waals surface area contributed by atoms with Gasteiger partial charge in [0.15, 0.2) is 11.6 Å². The van der Waals surface area contributed by atoms with Crippen molar-refractivity contribution in [2.24, 2.45) is 0 Å². The fourth-order valence-electron chi connectivity index (χ4n) is 9.26. The quantitative estimate of drug-likeness (QED) is 0.159. The van der Waals surface area contributed by atoms with Crippen LogP contribution in [-0.4, -0.2) is 14.8 Å². The van der Waals surface area contributed by atoms with E-state index in [0.717, 1.165) is 34.0 Å². The molecule has 0 radical (unpaired) electrons. The summed E-state index contributed by atoms with van der Waals surface area (Å²) in [7, 11) is 0. The molecule has 12 aromatic rings. The lowest BCUT2D eigenvalue weighted by Crippen LogP contribution is -2.00. The Morgan fingerprint density at radius 2 is 0.729 bits per heavy atom. The van der Waals surface area contributed by atoms with E-state index in [1.165, 1.54) is 81.7 Å². The first-order valence-electron chi connectivity index (χ1n) is 20.2. The Hall–Kier alpha value is -7.88. The second-order valence-electron chi connectivity index (χ2n) is 15.4. The van der Waals surface area contributed by atoms with E-state index < -0.39 is 0 Å². The zero-order valence-electron chi connectivity index (χ0n) is 32.0.